The Labute approximate surface area is 129 Å². The van der Waals surface area contributed by atoms with Gasteiger partial charge >= 0.3 is 6.18 Å². The standard InChI is InChI=1S/C15H14F3N3O2/c16-15(17,18)10-5-11(8-1-2-8)20-21(14(10)22)7-13-19-6-12(23-13)9-3-4-9/h5-6,8-9H,1-4,7H2. The van der Waals surface area contributed by atoms with Gasteiger partial charge in [-0.3, -0.25) is 4.79 Å². The van der Waals surface area contributed by atoms with E-state index in [2.05, 4.69) is 10.1 Å². The zero-order chi connectivity index (χ0) is 16.2. The monoisotopic (exact) mass is 325 g/mol. The molecule has 2 aliphatic rings. The minimum atomic E-state index is -4.69. The fraction of sp³-hybridized carbons (Fsp3) is 0.533. The van der Waals surface area contributed by atoms with Crippen LogP contribution in [0.3, 0.4) is 0 Å². The Hall–Kier alpha value is -2.12. The number of rotatable bonds is 4. The molecule has 2 saturated carbocycles. The van der Waals surface area contributed by atoms with Gasteiger partial charge in [0.25, 0.3) is 5.56 Å². The van der Waals surface area contributed by atoms with Crippen molar-refractivity contribution in [1.29, 1.82) is 0 Å². The van der Waals surface area contributed by atoms with E-state index in [9.17, 15) is 18.0 Å². The highest BCUT2D eigenvalue weighted by molar-refractivity contribution is 5.22. The Kier molecular flexibility index (Phi) is 3.11. The van der Waals surface area contributed by atoms with Gasteiger partial charge in [-0.2, -0.15) is 18.3 Å². The molecular formula is C15H14F3N3O2. The molecule has 0 spiro atoms. The van der Waals surface area contributed by atoms with Crippen LogP contribution in [0.25, 0.3) is 0 Å². The summed E-state index contributed by atoms with van der Waals surface area (Å²) in [5, 5.41) is 4.08. The average Bonchev–Trinajstić information content (AvgIpc) is 3.38. The highest BCUT2D eigenvalue weighted by Crippen LogP contribution is 2.41. The molecule has 0 amide bonds. The van der Waals surface area contributed by atoms with Gasteiger partial charge in [0.1, 0.15) is 17.9 Å². The number of halogens is 3. The number of nitrogens with zero attached hydrogens (tertiary/aromatic N) is 3. The van der Waals surface area contributed by atoms with E-state index in [0.717, 1.165) is 42.2 Å². The first-order valence-electron chi connectivity index (χ1n) is 7.55. The molecule has 23 heavy (non-hydrogen) atoms. The van der Waals surface area contributed by atoms with Crippen molar-refractivity contribution in [3.8, 4) is 0 Å². The highest BCUT2D eigenvalue weighted by Gasteiger charge is 2.37. The molecule has 5 nitrogen and oxygen atoms in total. The van der Waals surface area contributed by atoms with E-state index < -0.39 is 17.3 Å². The molecule has 0 aliphatic heterocycles. The summed E-state index contributed by atoms with van der Waals surface area (Å²) < 4.78 is 45.5. The second kappa shape index (κ2) is 4.94. The predicted molar refractivity (Wildman–Crippen MR) is 73.1 cm³/mol. The van der Waals surface area contributed by atoms with Gasteiger partial charge in [0, 0.05) is 11.8 Å². The number of alkyl halides is 3. The third-order valence-electron chi connectivity index (χ3n) is 4.13. The number of oxazole rings is 1. The summed E-state index contributed by atoms with van der Waals surface area (Å²) in [5.74, 6) is 1.30. The Bertz CT molecular complexity index is 801. The third-order valence-corrected chi connectivity index (χ3v) is 4.13. The molecule has 0 bridgehead atoms. The lowest BCUT2D eigenvalue weighted by Gasteiger charge is -2.11. The SMILES string of the molecule is O=c1c(C(F)(F)F)cc(C2CC2)nn1Cc1ncc(C2CC2)o1. The summed E-state index contributed by atoms with van der Waals surface area (Å²) >= 11 is 0. The number of hydrogen-bond donors (Lipinski definition) is 0. The maximum atomic E-state index is 13.1. The third kappa shape index (κ3) is 2.89. The van der Waals surface area contributed by atoms with Gasteiger partial charge < -0.3 is 4.42 Å². The quantitative estimate of drug-likeness (QED) is 0.867. The van der Waals surface area contributed by atoms with Crippen molar-refractivity contribution in [2.75, 3.05) is 0 Å². The summed E-state index contributed by atoms with van der Waals surface area (Å²) in [6, 6.07) is 0.877. The van der Waals surface area contributed by atoms with E-state index in [1.165, 1.54) is 0 Å². The zero-order valence-corrected chi connectivity index (χ0v) is 12.1. The lowest BCUT2D eigenvalue weighted by molar-refractivity contribution is -0.139. The first-order chi connectivity index (χ1) is 10.9. The van der Waals surface area contributed by atoms with Crippen LogP contribution in [0.1, 0.15) is 60.4 Å². The molecule has 0 aromatic carbocycles. The van der Waals surface area contributed by atoms with E-state index in [1.54, 1.807) is 6.20 Å². The van der Waals surface area contributed by atoms with Crippen molar-refractivity contribution in [2.45, 2.75) is 50.2 Å². The first kappa shape index (κ1) is 14.5. The first-order valence-corrected chi connectivity index (χ1v) is 7.55. The molecule has 2 heterocycles. The molecule has 0 atom stereocenters. The minimum absolute atomic E-state index is 0.00883. The number of hydrogen-bond acceptors (Lipinski definition) is 4. The molecule has 2 aromatic heterocycles. The van der Waals surface area contributed by atoms with Crippen molar-refractivity contribution < 1.29 is 17.6 Å². The van der Waals surface area contributed by atoms with Gasteiger partial charge in [0.15, 0.2) is 0 Å². The molecule has 8 heteroatoms. The Morgan fingerprint density at radius 2 is 1.91 bits per heavy atom. The molecule has 0 saturated heterocycles. The Morgan fingerprint density at radius 1 is 1.22 bits per heavy atom. The van der Waals surface area contributed by atoms with Gasteiger partial charge in [0.05, 0.1) is 11.9 Å². The Balaban J connectivity index is 1.70. The smallest absolute Gasteiger partial charge is 0.421 e. The largest absolute Gasteiger partial charge is 0.443 e. The minimum Gasteiger partial charge on any atom is -0.443 e. The van der Waals surface area contributed by atoms with Crippen LogP contribution in [0.5, 0.6) is 0 Å². The normalized spacial score (nSPS) is 18.4. The maximum absolute atomic E-state index is 13.1. The van der Waals surface area contributed by atoms with Crippen LogP contribution in [0, 0.1) is 0 Å². The summed E-state index contributed by atoms with van der Waals surface area (Å²) in [5.41, 5.74) is -2.03. The van der Waals surface area contributed by atoms with Crippen molar-refractivity contribution in [3.05, 3.63) is 45.5 Å². The zero-order valence-electron chi connectivity index (χ0n) is 12.1. The topological polar surface area (TPSA) is 60.9 Å². The van der Waals surface area contributed by atoms with E-state index >= 15 is 0 Å². The molecular weight excluding hydrogens is 311 g/mol. The summed E-state index contributed by atoms with van der Waals surface area (Å²) in [6.45, 7) is -0.185. The van der Waals surface area contributed by atoms with Crippen LogP contribution in [-0.2, 0) is 12.7 Å². The van der Waals surface area contributed by atoms with Crippen LogP contribution in [0.15, 0.2) is 21.5 Å². The summed E-state index contributed by atoms with van der Waals surface area (Å²) in [6.07, 6.45) is 0.541. The van der Waals surface area contributed by atoms with Crippen molar-refractivity contribution in [1.82, 2.24) is 14.8 Å². The van der Waals surface area contributed by atoms with Gasteiger partial charge in [-0.05, 0) is 31.7 Å². The fourth-order valence-corrected chi connectivity index (χ4v) is 2.53. The molecule has 2 aromatic rings. The molecule has 0 N–H and O–H groups in total. The lowest BCUT2D eigenvalue weighted by Crippen LogP contribution is -2.31. The molecule has 2 fully saturated rings. The van der Waals surface area contributed by atoms with Crippen LogP contribution >= 0.6 is 0 Å². The molecule has 0 unspecified atom stereocenters. The predicted octanol–water partition coefficient (Wildman–Crippen LogP) is 3.05. The van der Waals surface area contributed by atoms with Crippen LogP contribution < -0.4 is 5.56 Å². The van der Waals surface area contributed by atoms with Gasteiger partial charge in [-0.1, -0.05) is 0 Å². The summed E-state index contributed by atoms with van der Waals surface area (Å²) in [7, 11) is 0. The molecule has 4 rings (SSSR count). The van der Waals surface area contributed by atoms with E-state index in [0.29, 0.717) is 11.6 Å². The Morgan fingerprint density at radius 3 is 2.52 bits per heavy atom. The second-order valence-electron chi connectivity index (χ2n) is 6.15. The van der Waals surface area contributed by atoms with Gasteiger partial charge in [-0.25, -0.2) is 9.67 Å². The van der Waals surface area contributed by atoms with Crippen LogP contribution in [-0.4, -0.2) is 14.8 Å². The maximum Gasteiger partial charge on any atom is 0.421 e. The molecule has 122 valence electrons. The lowest BCUT2D eigenvalue weighted by atomic mass is 10.2. The van der Waals surface area contributed by atoms with Crippen LogP contribution in [0.2, 0.25) is 0 Å². The average molecular weight is 325 g/mol. The second-order valence-corrected chi connectivity index (χ2v) is 6.15. The summed E-state index contributed by atoms with van der Waals surface area (Å²) in [4.78, 5) is 16.1. The molecule has 2 aliphatic carbocycles. The molecule has 0 radical (unpaired) electrons. The highest BCUT2D eigenvalue weighted by atomic mass is 19.4. The van der Waals surface area contributed by atoms with Crippen molar-refractivity contribution in [2.24, 2.45) is 0 Å². The van der Waals surface area contributed by atoms with E-state index in [1.807, 2.05) is 0 Å². The van der Waals surface area contributed by atoms with Gasteiger partial charge in [-0.15, -0.1) is 0 Å². The number of aromatic nitrogens is 3. The van der Waals surface area contributed by atoms with Gasteiger partial charge in [0.2, 0.25) is 5.89 Å². The van der Waals surface area contributed by atoms with Crippen molar-refractivity contribution in [3.63, 3.8) is 0 Å². The fourth-order valence-electron chi connectivity index (χ4n) is 2.53. The van der Waals surface area contributed by atoms with E-state index in [4.69, 9.17) is 4.42 Å². The van der Waals surface area contributed by atoms with E-state index in [-0.39, 0.29) is 18.4 Å². The van der Waals surface area contributed by atoms with Crippen molar-refractivity contribution >= 4 is 0 Å². The van der Waals surface area contributed by atoms with Crippen LogP contribution in [0.4, 0.5) is 13.2 Å².